The molecule has 0 aliphatic carbocycles. The van der Waals surface area contributed by atoms with Crippen LogP contribution < -0.4 is 0 Å². The molecule has 15 heavy (non-hydrogen) atoms. The van der Waals surface area contributed by atoms with E-state index in [-0.39, 0.29) is 6.10 Å². The zero-order valence-corrected chi connectivity index (χ0v) is 10.4. The van der Waals surface area contributed by atoms with E-state index >= 15 is 0 Å². The van der Waals surface area contributed by atoms with Crippen molar-refractivity contribution in [3.63, 3.8) is 0 Å². The van der Waals surface area contributed by atoms with Crippen molar-refractivity contribution in [1.29, 1.82) is 0 Å². The van der Waals surface area contributed by atoms with Gasteiger partial charge in [-0.2, -0.15) is 0 Å². The van der Waals surface area contributed by atoms with E-state index in [9.17, 15) is 5.11 Å². The van der Waals surface area contributed by atoms with Gasteiger partial charge in [0.05, 0.1) is 6.10 Å². The molecule has 0 heterocycles. The summed E-state index contributed by atoms with van der Waals surface area (Å²) in [6, 6.07) is 8.33. The molecular weight excluding hydrogens is 204 g/mol. The predicted octanol–water partition coefficient (Wildman–Crippen LogP) is 3.64. The molecule has 0 amide bonds. The zero-order chi connectivity index (χ0) is 11.1. The number of unbranched alkanes of at least 4 members (excludes halogenated alkanes) is 1. The van der Waals surface area contributed by atoms with E-state index in [4.69, 9.17) is 0 Å². The summed E-state index contributed by atoms with van der Waals surface area (Å²) in [5.41, 5.74) is 1.30. The first-order valence-corrected chi connectivity index (χ1v) is 6.59. The number of benzene rings is 1. The van der Waals surface area contributed by atoms with Gasteiger partial charge in [0, 0.05) is 10.6 Å². The number of hydrogen-bond donors (Lipinski definition) is 1. The molecule has 0 saturated carbocycles. The lowest BCUT2D eigenvalue weighted by atomic mass is 10.2. The van der Waals surface area contributed by atoms with E-state index in [0.29, 0.717) is 0 Å². The third-order valence-corrected chi connectivity index (χ3v) is 3.74. The summed E-state index contributed by atoms with van der Waals surface area (Å²) in [6.07, 6.45) is 3.05. The minimum Gasteiger partial charge on any atom is -0.392 e. The molecule has 1 rings (SSSR count). The Morgan fingerprint density at radius 1 is 1.33 bits per heavy atom. The van der Waals surface area contributed by atoms with Crippen LogP contribution in [0.1, 0.15) is 31.7 Å². The number of thioether (sulfide) groups is 1. The first-order chi connectivity index (χ1) is 7.24. The molecule has 1 aromatic rings. The Labute approximate surface area is 96.9 Å². The Kier molecular flexibility index (Phi) is 5.81. The van der Waals surface area contributed by atoms with Gasteiger partial charge >= 0.3 is 0 Å². The van der Waals surface area contributed by atoms with E-state index in [2.05, 4.69) is 26.0 Å². The number of aliphatic hydroxyl groups is 1. The van der Waals surface area contributed by atoms with Crippen molar-refractivity contribution in [3.8, 4) is 0 Å². The number of rotatable bonds is 6. The van der Waals surface area contributed by atoms with Crippen LogP contribution in [0.2, 0.25) is 0 Å². The molecule has 84 valence electrons. The molecule has 0 saturated heterocycles. The van der Waals surface area contributed by atoms with Crippen molar-refractivity contribution in [2.75, 3.05) is 5.75 Å². The van der Waals surface area contributed by atoms with Crippen LogP contribution in [-0.2, 0) is 0 Å². The molecule has 1 aromatic carbocycles. The van der Waals surface area contributed by atoms with E-state index in [1.54, 1.807) is 11.8 Å². The summed E-state index contributed by atoms with van der Waals surface area (Å²) in [6.45, 7) is 4.27. The molecule has 0 radical (unpaired) electrons. The lowest BCUT2D eigenvalue weighted by Crippen LogP contribution is -2.09. The van der Waals surface area contributed by atoms with Crippen LogP contribution in [-0.4, -0.2) is 17.0 Å². The highest BCUT2D eigenvalue weighted by Crippen LogP contribution is 2.23. The Morgan fingerprint density at radius 3 is 2.73 bits per heavy atom. The maximum atomic E-state index is 9.71. The van der Waals surface area contributed by atoms with E-state index in [0.717, 1.165) is 25.0 Å². The molecule has 1 nitrogen and oxygen atoms in total. The Balaban J connectivity index is 2.33. The van der Waals surface area contributed by atoms with Crippen LogP contribution in [0.5, 0.6) is 0 Å². The average molecular weight is 224 g/mol. The molecule has 0 fully saturated rings. The van der Waals surface area contributed by atoms with E-state index in [1.807, 2.05) is 12.1 Å². The summed E-state index contributed by atoms with van der Waals surface area (Å²) in [5, 5.41) is 9.71. The summed E-state index contributed by atoms with van der Waals surface area (Å²) < 4.78 is 0. The number of hydrogen-bond acceptors (Lipinski definition) is 2. The third kappa shape index (κ3) is 4.72. The first-order valence-electron chi connectivity index (χ1n) is 5.60. The summed E-state index contributed by atoms with van der Waals surface area (Å²) >= 11 is 1.76. The van der Waals surface area contributed by atoms with E-state index in [1.165, 1.54) is 10.5 Å². The predicted molar refractivity (Wildman–Crippen MR) is 67.4 cm³/mol. The summed E-state index contributed by atoms with van der Waals surface area (Å²) in [5.74, 6) is 0.810. The highest BCUT2D eigenvalue weighted by Gasteiger charge is 2.05. The quantitative estimate of drug-likeness (QED) is 0.744. The van der Waals surface area contributed by atoms with Crippen LogP contribution in [0, 0.1) is 6.92 Å². The molecule has 0 bridgehead atoms. The third-order valence-electron chi connectivity index (χ3n) is 2.42. The Hall–Kier alpha value is -0.470. The highest BCUT2D eigenvalue weighted by atomic mass is 32.2. The van der Waals surface area contributed by atoms with Crippen molar-refractivity contribution in [2.45, 2.75) is 44.1 Å². The molecule has 1 unspecified atom stereocenters. The summed E-state index contributed by atoms with van der Waals surface area (Å²) in [7, 11) is 0. The topological polar surface area (TPSA) is 20.2 Å². The largest absolute Gasteiger partial charge is 0.392 e. The summed E-state index contributed by atoms with van der Waals surface area (Å²) in [4.78, 5) is 1.29. The first kappa shape index (κ1) is 12.6. The van der Waals surface area contributed by atoms with Crippen molar-refractivity contribution in [1.82, 2.24) is 0 Å². The molecule has 0 spiro atoms. The van der Waals surface area contributed by atoms with Gasteiger partial charge < -0.3 is 5.11 Å². The molecular formula is C13H20OS. The van der Waals surface area contributed by atoms with Gasteiger partial charge in [-0.15, -0.1) is 11.8 Å². The maximum Gasteiger partial charge on any atom is 0.0634 e. The zero-order valence-electron chi connectivity index (χ0n) is 9.57. The van der Waals surface area contributed by atoms with E-state index < -0.39 is 0 Å². The average Bonchev–Trinajstić information content (AvgIpc) is 2.25. The Bertz CT molecular complexity index is 286. The van der Waals surface area contributed by atoms with Crippen molar-refractivity contribution in [2.24, 2.45) is 0 Å². The monoisotopic (exact) mass is 224 g/mol. The van der Waals surface area contributed by atoms with Gasteiger partial charge in [0.15, 0.2) is 0 Å². The fourth-order valence-electron chi connectivity index (χ4n) is 1.43. The van der Waals surface area contributed by atoms with Crippen LogP contribution >= 0.6 is 11.8 Å². The Morgan fingerprint density at radius 2 is 2.07 bits per heavy atom. The number of aliphatic hydroxyl groups excluding tert-OH is 1. The van der Waals surface area contributed by atoms with Crippen LogP contribution in [0.3, 0.4) is 0 Å². The highest BCUT2D eigenvalue weighted by molar-refractivity contribution is 7.99. The molecule has 0 aliphatic rings. The van der Waals surface area contributed by atoms with Crippen LogP contribution in [0.15, 0.2) is 29.2 Å². The van der Waals surface area contributed by atoms with Crippen LogP contribution in [0.4, 0.5) is 0 Å². The van der Waals surface area contributed by atoms with Gasteiger partial charge in [-0.1, -0.05) is 38.0 Å². The number of aryl methyl sites for hydroxylation is 1. The van der Waals surface area contributed by atoms with Gasteiger partial charge in [-0.05, 0) is 25.0 Å². The van der Waals surface area contributed by atoms with Gasteiger partial charge in [0.2, 0.25) is 0 Å². The maximum absolute atomic E-state index is 9.71. The van der Waals surface area contributed by atoms with Crippen molar-refractivity contribution >= 4 is 11.8 Å². The van der Waals surface area contributed by atoms with Crippen molar-refractivity contribution < 1.29 is 5.11 Å². The lowest BCUT2D eigenvalue weighted by molar-refractivity contribution is 0.186. The smallest absolute Gasteiger partial charge is 0.0634 e. The van der Waals surface area contributed by atoms with Gasteiger partial charge in [0.1, 0.15) is 0 Å². The van der Waals surface area contributed by atoms with Gasteiger partial charge in [-0.3, -0.25) is 0 Å². The van der Waals surface area contributed by atoms with Crippen LogP contribution in [0.25, 0.3) is 0 Å². The second kappa shape index (κ2) is 6.91. The second-order valence-electron chi connectivity index (χ2n) is 3.87. The normalized spacial score (nSPS) is 12.7. The fraction of sp³-hybridized carbons (Fsp3) is 0.538. The molecule has 0 aliphatic heterocycles. The molecule has 1 atom stereocenters. The lowest BCUT2D eigenvalue weighted by Gasteiger charge is -2.10. The minimum absolute atomic E-state index is 0.158. The fourth-order valence-corrected chi connectivity index (χ4v) is 2.44. The molecule has 0 aromatic heterocycles. The standard InChI is InChI=1S/C13H20OS/c1-3-4-8-12(14)10-15-13-9-6-5-7-11(13)2/h5-7,9,12,14H,3-4,8,10H2,1-2H3. The second-order valence-corrected chi connectivity index (χ2v) is 4.93. The molecule has 1 N–H and O–H groups in total. The van der Waals surface area contributed by atoms with Gasteiger partial charge in [-0.25, -0.2) is 0 Å². The van der Waals surface area contributed by atoms with Crippen molar-refractivity contribution in [3.05, 3.63) is 29.8 Å². The molecule has 2 heteroatoms. The minimum atomic E-state index is -0.158. The van der Waals surface area contributed by atoms with Gasteiger partial charge in [0.25, 0.3) is 0 Å². The SMILES string of the molecule is CCCCC(O)CSc1ccccc1C.